The van der Waals surface area contributed by atoms with E-state index in [0.717, 1.165) is 68.2 Å². The Hall–Kier alpha value is -2.60. The van der Waals surface area contributed by atoms with Crippen molar-refractivity contribution in [3.63, 3.8) is 0 Å². The molecule has 2 aliphatic heterocycles. The second kappa shape index (κ2) is 7.33. The molecule has 3 heterocycles. The van der Waals surface area contributed by atoms with Crippen LogP contribution >= 0.6 is 0 Å². The van der Waals surface area contributed by atoms with Crippen molar-refractivity contribution >= 4 is 23.5 Å². The minimum absolute atomic E-state index is 0.269. The van der Waals surface area contributed by atoms with Gasteiger partial charge in [-0.3, -0.25) is 9.69 Å². The Morgan fingerprint density at radius 1 is 1.23 bits per heavy atom. The van der Waals surface area contributed by atoms with Gasteiger partial charge >= 0.3 is 0 Å². The lowest BCUT2D eigenvalue weighted by molar-refractivity contribution is 0.112. The molecule has 1 atom stereocenters. The van der Waals surface area contributed by atoms with Crippen LogP contribution in [0.2, 0.25) is 0 Å². The highest BCUT2D eigenvalue weighted by molar-refractivity contribution is 5.86. The Labute approximate surface area is 154 Å². The van der Waals surface area contributed by atoms with E-state index in [9.17, 15) is 4.79 Å². The van der Waals surface area contributed by atoms with Gasteiger partial charge in [0.25, 0.3) is 0 Å². The Morgan fingerprint density at radius 2 is 2.08 bits per heavy atom. The highest BCUT2D eigenvalue weighted by Gasteiger charge is 2.30. The van der Waals surface area contributed by atoms with Crippen molar-refractivity contribution in [1.29, 1.82) is 0 Å². The van der Waals surface area contributed by atoms with Crippen molar-refractivity contribution in [3.05, 3.63) is 47.7 Å². The van der Waals surface area contributed by atoms with E-state index in [-0.39, 0.29) is 6.17 Å². The quantitative estimate of drug-likeness (QED) is 0.807. The van der Waals surface area contributed by atoms with Gasteiger partial charge in [0, 0.05) is 56.6 Å². The van der Waals surface area contributed by atoms with Crippen LogP contribution in [0.1, 0.15) is 22.8 Å². The van der Waals surface area contributed by atoms with Crippen LogP contribution < -0.4 is 15.5 Å². The summed E-state index contributed by atoms with van der Waals surface area (Å²) in [5.41, 5.74) is 4.10. The molecule has 2 aliphatic rings. The molecule has 0 spiro atoms. The summed E-state index contributed by atoms with van der Waals surface area (Å²) in [6, 6.07) is 10.0. The summed E-state index contributed by atoms with van der Waals surface area (Å²) >= 11 is 0. The van der Waals surface area contributed by atoms with Gasteiger partial charge in [-0.2, -0.15) is 0 Å². The lowest BCUT2D eigenvalue weighted by Crippen LogP contribution is -2.52. The number of nitrogens with zero attached hydrogens (tertiary/aromatic N) is 3. The zero-order chi connectivity index (χ0) is 17.9. The highest BCUT2D eigenvalue weighted by Crippen LogP contribution is 2.31. The number of benzene rings is 1. The lowest BCUT2D eigenvalue weighted by Gasteiger charge is -2.39. The van der Waals surface area contributed by atoms with Gasteiger partial charge in [0.2, 0.25) is 0 Å². The van der Waals surface area contributed by atoms with Crippen LogP contribution in [0.15, 0.2) is 36.5 Å². The number of aromatic nitrogens is 1. The Balaban J connectivity index is 1.41. The predicted molar refractivity (Wildman–Crippen MR) is 105 cm³/mol. The van der Waals surface area contributed by atoms with Crippen molar-refractivity contribution in [2.75, 3.05) is 48.3 Å². The van der Waals surface area contributed by atoms with Gasteiger partial charge in [0.1, 0.15) is 0 Å². The summed E-state index contributed by atoms with van der Waals surface area (Å²) in [6.45, 7) is 6.84. The van der Waals surface area contributed by atoms with E-state index in [1.54, 1.807) is 0 Å². The van der Waals surface area contributed by atoms with Gasteiger partial charge in [-0.05, 0) is 30.7 Å². The molecule has 1 saturated heterocycles. The zero-order valence-corrected chi connectivity index (χ0v) is 15.1. The molecular formula is C20H25N5O. The maximum absolute atomic E-state index is 11.3. The number of hydrogen-bond donors (Lipinski definition) is 2. The average Bonchev–Trinajstić information content (AvgIpc) is 3.13. The summed E-state index contributed by atoms with van der Waals surface area (Å²) < 4.78 is 0. The maximum Gasteiger partial charge on any atom is 0.152 e. The first-order chi connectivity index (χ1) is 12.8. The van der Waals surface area contributed by atoms with Crippen LogP contribution in [0.25, 0.3) is 0 Å². The molecule has 0 aliphatic carbocycles. The number of carbonyl (C=O) groups excluding carboxylic acids is 1. The number of para-hydroxylation sites is 1. The molecule has 6 nitrogen and oxygen atoms in total. The smallest absolute Gasteiger partial charge is 0.152 e. The zero-order valence-electron chi connectivity index (χ0n) is 15.1. The molecule has 0 bridgehead atoms. The summed E-state index contributed by atoms with van der Waals surface area (Å²) in [5, 5.41) is 6.96. The number of piperazine rings is 1. The topological polar surface area (TPSA) is 60.5 Å². The van der Waals surface area contributed by atoms with E-state index in [1.165, 1.54) is 5.56 Å². The Kier molecular flexibility index (Phi) is 4.75. The average molecular weight is 351 g/mol. The number of fused-ring (bicyclic) bond motifs is 1. The number of rotatable bonds is 5. The molecule has 6 heteroatoms. The molecule has 0 amide bonds. The standard InChI is InChI=1S/C20H25N5O/c1-2-21-17-7-4-8-22-20(17)25-11-9-24(10-12-25)18-13-15-5-3-6-16(14-26)19(15)23-18/h3-8,14,18,21,23H,2,9-13H2,1H3. The van der Waals surface area contributed by atoms with E-state index >= 15 is 0 Å². The number of carbonyl (C=O) groups is 1. The molecule has 1 unspecified atom stereocenters. The molecule has 1 aromatic carbocycles. The predicted octanol–water partition coefficient (Wildman–Crippen LogP) is 2.44. The third kappa shape index (κ3) is 3.12. The summed E-state index contributed by atoms with van der Waals surface area (Å²) in [4.78, 5) is 20.7. The van der Waals surface area contributed by atoms with Crippen LogP contribution in [0.5, 0.6) is 0 Å². The minimum Gasteiger partial charge on any atom is -0.382 e. The number of hydrogen-bond acceptors (Lipinski definition) is 6. The molecule has 4 rings (SSSR count). The normalized spacial score (nSPS) is 19.7. The van der Waals surface area contributed by atoms with E-state index in [2.05, 4.69) is 44.5 Å². The Bertz CT molecular complexity index is 786. The van der Waals surface area contributed by atoms with Gasteiger partial charge < -0.3 is 15.5 Å². The lowest BCUT2D eigenvalue weighted by atomic mass is 10.1. The molecule has 2 N–H and O–H groups in total. The van der Waals surface area contributed by atoms with Gasteiger partial charge in [-0.1, -0.05) is 12.1 Å². The van der Waals surface area contributed by atoms with Crippen LogP contribution in [0.3, 0.4) is 0 Å². The number of nitrogens with one attached hydrogen (secondary N) is 2. The molecular weight excluding hydrogens is 326 g/mol. The van der Waals surface area contributed by atoms with E-state index < -0.39 is 0 Å². The van der Waals surface area contributed by atoms with Crippen molar-refractivity contribution in [2.24, 2.45) is 0 Å². The first kappa shape index (κ1) is 16.8. The largest absolute Gasteiger partial charge is 0.382 e. The van der Waals surface area contributed by atoms with Gasteiger partial charge in [-0.25, -0.2) is 4.98 Å². The number of pyridine rings is 1. The third-order valence-corrected chi connectivity index (χ3v) is 5.24. The van der Waals surface area contributed by atoms with Crippen molar-refractivity contribution in [2.45, 2.75) is 19.5 Å². The maximum atomic E-state index is 11.3. The summed E-state index contributed by atoms with van der Waals surface area (Å²) in [5.74, 6) is 1.04. The van der Waals surface area contributed by atoms with E-state index in [1.807, 2.05) is 24.4 Å². The second-order valence-electron chi connectivity index (χ2n) is 6.79. The third-order valence-electron chi connectivity index (χ3n) is 5.24. The Morgan fingerprint density at radius 3 is 2.85 bits per heavy atom. The first-order valence-corrected chi connectivity index (χ1v) is 9.31. The number of aldehydes is 1. The SMILES string of the molecule is CCNc1cccnc1N1CCN(C2Cc3cccc(C=O)c3N2)CC1. The van der Waals surface area contributed by atoms with Crippen molar-refractivity contribution in [3.8, 4) is 0 Å². The van der Waals surface area contributed by atoms with Crippen LogP contribution in [-0.2, 0) is 6.42 Å². The van der Waals surface area contributed by atoms with Crippen LogP contribution in [0, 0.1) is 0 Å². The number of anilines is 3. The second-order valence-corrected chi connectivity index (χ2v) is 6.79. The minimum atomic E-state index is 0.269. The van der Waals surface area contributed by atoms with Crippen LogP contribution in [0.4, 0.5) is 17.2 Å². The van der Waals surface area contributed by atoms with Gasteiger partial charge in [0.15, 0.2) is 12.1 Å². The molecule has 1 fully saturated rings. The highest BCUT2D eigenvalue weighted by atomic mass is 16.1. The monoisotopic (exact) mass is 351 g/mol. The molecule has 26 heavy (non-hydrogen) atoms. The van der Waals surface area contributed by atoms with Gasteiger partial charge in [0.05, 0.1) is 11.9 Å². The fourth-order valence-corrected chi connectivity index (χ4v) is 3.93. The van der Waals surface area contributed by atoms with Gasteiger partial charge in [-0.15, -0.1) is 0 Å². The molecule has 1 aromatic heterocycles. The summed E-state index contributed by atoms with van der Waals surface area (Å²) in [7, 11) is 0. The fraction of sp³-hybridized carbons (Fsp3) is 0.400. The molecule has 0 radical (unpaired) electrons. The van der Waals surface area contributed by atoms with E-state index in [0.29, 0.717) is 0 Å². The summed E-state index contributed by atoms with van der Waals surface area (Å²) in [6.07, 6.45) is 4.02. The molecule has 2 aromatic rings. The van der Waals surface area contributed by atoms with Crippen LogP contribution in [-0.4, -0.2) is 55.1 Å². The molecule has 136 valence electrons. The first-order valence-electron chi connectivity index (χ1n) is 9.31. The molecule has 0 saturated carbocycles. The fourth-order valence-electron chi connectivity index (χ4n) is 3.93. The van der Waals surface area contributed by atoms with E-state index in [4.69, 9.17) is 0 Å². The van der Waals surface area contributed by atoms with Crippen molar-refractivity contribution < 1.29 is 4.79 Å². The van der Waals surface area contributed by atoms with Crippen molar-refractivity contribution in [1.82, 2.24) is 9.88 Å².